The van der Waals surface area contributed by atoms with Crippen LogP contribution in [-0.4, -0.2) is 70.1 Å². The SMILES string of the molecule is CS(=O)C1NCC2C(=O)N3C/C=C/CCCCOC4CCCC(N4)N3C2N1. The lowest BCUT2D eigenvalue weighted by Gasteiger charge is -2.44. The highest BCUT2D eigenvalue weighted by molar-refractivity contribution is 7.84. The average Bonchev–Trinajstić information content (AvgIpc) is 2.95. The van der Waals surface area contributed by atoms with E-state index in [-0.39, 0.29) is 35.9 Å². The van der Waals surface area contributed by atoms with Crippen molar-refractivity contribution in [2.24, 2.45) is 5.92 Å². The number of piperidine rings is 1. The van der Waals surface area contributed by atoms with Gasteiger partial charge in [0, 0.05) is 19.4 Å². The van der Waals surface area contributed by atoms with Gasteiger partial charge in [-0.25, -0.2) is 0 Å². The van der Waals surface area contributed by atoms with Crippen LogP contribution in [0.5, 0.6) is 0 Å². The van der Waals surface area contributed by atoms with Crippen LogP contribution in [0.2, 0.25) is 0 Å². The molecule has 8 nitrogen and oxygen atoms in total. The van der Waals surface area contributed by atoms with Crippen LogP contribution in [0.1, 0.15) is 38.5 Å². The lowest BCUT2D eigenvalue weighted by Crippen LogP contribution is -2.67. The molecule has 0 aromatic rings. The first-order valence-corrected chi connectivity index (χ1v) is 11.7. The molecule has 4 aliphatic rings. The Kier molecular flexibility index (Phi) is 6.25. The van der Waals surface area contributed by atoms with E-state index in [9.17, 15) is 9.00 Å². The van der Waals surface area contributed by atoms with Gasteiger partial charge in [0.05, 0.1) is 35.6 Å². The molecule has 4 rings (SSSR count). The maximum atomic E-state index is 13.1. The Morgan fingerprint density at radius 3 is 2.93 bits per heavy atom. The molecule has 0 aromatic heterocycles. The van der Waals surface area contributed by atoms with Crippen molar-refractivity contribution in [2.75, 3.05) is 26.0 Å². The van der Waals surface area contributed by atoms with Gasteiger partial charge in [-0.1, -0.05) is 12.2 Å². The number of nitrogens with zero attached hydrogens (tertiary/aromatic N) is 2. The summed E-state index contributed by atoms with van der Waals surface area (Å²) in [5, 5.41) is 14.3. The fraction of sp³-hybridized carbons (Fsp3) is 0.833. The zero-order valence-corrected chi connectivity index (χ0v) is 16.7. The van der Waals surface area contributed by atoms with Gasteiger partial charge < -0.3 is 4.74 Å². The van der Waals surface area contributed by atoms with Gasteiger partial charge in [0.25, 0.3) is 0 Å². The largest absolute Gasteiger partial charge is 0.363 e. The molecule has 0 radical (unpaired) electrons. The van der Waals surface area contributed by atoms with Crippen LogP contribution in [0.15, 0.2) is 12.2 Å². The molecular weight excluding hydrogens is 366 g/mol. The number of amides is 1. The number of nitrogens with one attached hydrogen (secondary N) is 3. The van der Waals surface area contributed by atoms with Crippen molar-refractivity contribution < 1.29 is 13.7 Å². The first-order chi connectivity index (χ1) is 13.1. The third kappa shape index (κ3) is 4.13. The summed E-state index contributed by atoms with van der Waals surface area (Å²) in [5.74, 6) is -0.0427. The van der Waals surface area contributed by atoms with Crippen LogP contribution < -0.4 is 16.0 Å². The van der Waals surface area contributed by atoms with Crippen molar-refractivity contribution in [3.8, 4) is 0 Å². The molecule has 0 saturated carbocycles. The van der Waals surface area contributed by atoms with Crippen molar-refractivity contribution in [3.63, 3.8) is 0 Å². The van der Waals surface area contributed by atoms with E-state index in [0.29, 0.717) is 13.1 Å². The molecule has 4 aliphatic heterocycles. The normalized spacial score (nSPS) is 40.9. The Morgan fingerprint density at radius 2 is 2.07 bits per heavy atom. The first kappa shape index (κ1) is 19.5. The van der Waals surface area contributed by atoms with E-state index in [2.05, 4.69) is 33.1 Å². The number of ether oxygens (including phenoxy) is 1. The Balaban J connectivity index is 1.60. The van der Waals surface area contributed by atoms with Gasteiger partial charge in [0.15, 0.2) is 0 Å². The van der Waals surface area contributed by atoms with Gasteiger partial charge >= 0.3 is 0 Å². The summed E-state index contributed by atoms with van der Waals surface area (Å²) < 4.78 is 18.1. The van der Waals surface area contributed by atoms with Crippen molar-refractivity contribution in [1.29, 1.82) is 0 Å². The fourth-order valence-corrected chi connectivity index (χ4v) is 5.14. The van der Waals surface area contributed by atoms with Gasteiger partial charge in [-0.2, -0.15) is 5.01 Å². The third-order valence-electron chi connectivity index (χ3n) is 5.86. The molecule has 152 valence electrons. The van der Waals surface area contributed by atoms with Crippen LogP contribution in [0, 0.1) is 5.92 Å². The van der Waals surface area contributed by atoms with E-state index in [4.69, 9.17) is 4.74 Å². The minimum atomic E-state index is -1.05. The van der Waals surface area contributed by atoms with E-state index in [1.54, 1.807) is 6.26 Å². The molecule has 2 bridgehead atoms. The molecule has 1 amide bonds. The van der Waals surface area contributed by atoms with Crippen molar-refractivity contribution in [2.45, 2.75) is 62.6 Å². The number of carbonyl (C=O) groups excluding carboxylic acids is 1. The summed E-state index contributed by atoms with van der Waals surface area (Å²) in [7, 11) is -1.05. The summed E-state index contributed by atoms with van der Waals surface area (Å²) in [6.07, 6.45) is 12.1. The molecule has 0 aromatic carbocycles. The Hall–Kier alpha value is -0.840. The van der Waals surface area contributed by atoms with Crippen molar-refractivity contribution in [1.82, 2.24) is 26.0 Å². The molecule has 6 unspecified atom stereocenters. The molecule has 3 fully saturated rings. The van der Waals surface area contributed by atoms with E-state index in [1.807, 2.05) is 5.01 Å². The van der Waals surface area contributed by atoms with Gasteiger partial charge in [-0.3, -0.25) is 30.0 Å². The van der Waals surface area contributed by atoms with Crippen molar-refractivity contribution in [3.05, 3.63) is 12.2 Å². The second-order valence-corrected chi connectivity index (χ2v) is 9.21. The molecule has 0 spiro atoms. The Labute approximate surface area is 163 Å². The zero-order chi connectivity index (χ0) is 18.8. The van der Waals surface area contributed by atoms with E-state index in [0.717, 1.165) is 45.1 Å². The smallest absolute Gasteiger partial charge is 0.244 e. The predicted molar refractivity (Wildman–Crippen MR) is 103 cm³/mol. The van der Waals surface area contributed by atoms with Crippen LogP contribution in [-0.2, 0) is 20.3 Å². The van der Waals surface area contributed by atoms with Gasteiger partial charge in [-0.05, 0) is 38.5 Å². The molecular formula is C18H31N5O3S. The summed E-state index contributed by atoms with van der Waals surface area (Å²) in [6, 6.07) is 0. The van der Waals surface area contributed by atoms with Crippen molar-refractivity contribution >= 4 is 16.7 Å². The zero-order valence-electron chi connectivity index (χ0n) is 15.9. The van der Waals surface area contributed by atoms with Crippen LogP contribution >= 0.6 is 0 Å². The van der Waals surface area contributed by atoms with Crippen LogP contribution in [0.4, 0.5) is 0 Å². The summed E-state index contributed by atoms with van der Waals surface area (Å²) in [4.78, 5) is 13.1. The maximum Gasteiger partial charge on any atom is 0.244 e. The standard InChI is InChI=1S/C18H31N5O3S/c1-27(25)18-19-12-13-16(21-18)23-14-8-7-9-15(20-14)26-11-6-4-2-3-5-10-22(23)17(13)24/h3,5,13-16,18-21H,2,4,6-12H2,1H3/b5-3+. The van der Waals surface area contributed by atoms with Gasteiger partial charge in [0.1, 0.15) is 11.7 Å². The highest BCUT2D eigenvalue weighted by Crippen LogP contribution is 2.31. The summed E-state index contributed by atoms with van der Waals surface area (Å²) >= 11 is 0. The number of fused-ring (bicyclic) bond motifs is 6. The van der Waals surface area contributed by atoms with Crippen LogP contribution in [0.3, 0.4) is 0 Å². The predicted octanol–water partition coefficient (Wildman–Crippen LogP) is 0.0252. The second-order valence-electron chi connectivity index (χ2n) is 7.75. The highest BCUT2D eigenvalue weighted by Gasteiger charge is 2.52. The second kappa shape index (κ2) is 8.67. The lowest BCUT2D eigenvalue weighted by atomic mass is 10.0. The van der Waals surface area contributed by atoms with E-state index in [1.165, 1.54) is 0 Å². The summed E-state index contributed by atoms with van der Waals surface area (Å²) in [6.45, 7) is 1.90. The molecule has 4 heterocycles. The van der Waals surface area contributed by atoms with E-state index >= 15 is 0 Å². The molecule has 9 heteroatoms. The molecule has 27 heavy (non-hydrogen) atoms. The minimum Gasteiger partial charge on any atom is -0.363 e. The fourth-order valence-electron chi connectivity index (χ4n) is 4.47. The number of carbonyl (C=O) groups is 1. The Morgan fingerprint density at radius 1 is 1.19 bits per heavy atom. The number of hydrazine groups is 1. The minimum absolute atomic E-state index is 0.0336. The van der Waals surface area contributed by atoms with E-state index < -0.39 is 10.8 Å². The quantitative estimate of drug-likeness (QED) is 0.538. The molecule has 0 aliphatic carbocycles. The number of rotatable bonds is 1. The lowest BCUT2D eigenvalue weighted by molar-refractivity contribution is -0.148. The topological polar surface area (TPSA) is 85.9 Å². The highest BCUT2D eigenvalue weighted by atomic mass is 32.2. The third-order valence-corrected chi connectivity index (χ3v) is 6.83. The average molecular weight is 398 g/mol. The number of hydrogen-bond donors (Lipinski definition) is 3. The monoisotopic (exact) mass is 397 g/mol. The summed E-state index contributed by atoms with van der Waals surface area (Å²) in [5.41, 5.74) is -0.297. The van der Waals surface area contributed by atoms with Crippen LogP contribution in [0.25, 0.3) is 0 Å². The maximum absolute atomic E-state index is 13.1. The molecule has 6 atom stereocenters. The number of allylic oxidation sites excluding steroid dienone is 1. The van der Waals surface area contributed by atoms with Gasteiger partial charge in [-0.15, -0.1) is 0 Å². The molecule has 3 saturated heterocycles. The first-order valence-electron chi connectivity index (χ1n) is 10.1. The van der Waals surface area contributed by atoms with Gasteiger partial charge in [0.2, 0.25) is 5.91 Å². The Bertz CT molecular complexity index is 604. The number of hydrogen-bond acceptors (Lipinski definition) is 7. The molecule has 3 N–H and O–H groups in total.